The van der Waals surface area contributed by atoms with Crippen LogP contribution in [-0.2, 0) is 4.79 Å². The molecule has 0 atom stereocenters. The summed E-state index contributed by atoms with van der Waals surface area (Å²) in [5.41, 5.74) is 2.43. The minimum atomic E-state index is -0.368. The summed E-state index contributed by atoms with van der Waals surface area (Å²) in [6.07, 6.45) is 5.51. The normalized spacial score (nSPS) is 18.0. The molecule has 0 aliphatic carbocycles. The van der Waals surface area contributed by atoms with Crippen LogP contribution in [0.1, 0.15) is 24.8 Å². The number of hydrogen-bond acceptors (Lipinski definition) is 4. The molecule has 1 amide bonds. The highest BCUT2D eigenvalue weighted by Gasteiger charge is 2.24. The molecule has 4 rings (SSSR count). The van der Waals surface area contributed by atoms with Crippen molar-refractivity contribution in [3.05, 3.63) is 60.0 Å². The lowest BCUT2D eigenvalue weighted by Crippen LogP contribution is -2.33. The third-order valence-electron chi connectivity index (χ3n) is 5.13. The fourth-order valence-electron chi connectivity index (χ4n) is 3.58. The van der Waals surface area contributed by atoms with E-state index in [1.54, 1.807) is 12.3 Å². The number of fused-ring (bicyclic) bond motifs is 1. The number of nitrogens with zero attached hydrogens (tertiary/aromatic N) is 1. The number of rotatable bonds is 6. The van der Waals surface area contributed by atoms with Crippen LogP contribution in [0.4, 0.5) is 15.8 Å². The number of anilines is 2. The maximum atomic E-state index is 13.5. The fourth-order valence-corrected chi connectivity index (χ4v) is 3.58. The summed E-state index contributed by atoms with van der Waals surface area (Å²) in [5, 5.41) is 5.84. The smallest absolute Gasteiger partial charge is 0.257 e. The van der Waals surface area contributed by atoms with E-state index in [2.05, 4.69) is 15.5 Å². The zero-order valence-corrected chi connectivity index (χ0v) is 15.7. The predicted molar refractivity (Wildman–Crippen MR) is 109 cm³/mol. The molecule has 2 aromatic rings. The Morgan fingerprint density at radius 2 is 1.89 bits per heavy atom. The average molecular weight is 381 g/mol. The van der Waals surface area contributed by atoms with Gasteiger partial charge in [0.2, 0.25) is 0 Å². The van der Waals surface area contributed by atoms with E-state index >= 15 is 0 Å². The predicted octanol–water partition coefficient (Wildman–Crippen LogP) is 4.10. The molecule has 0 radical (unpaired) electrons. The summed E-state index contributed by atoms with van der Waals surface area (Å²) < 4.78 is 19.3. The molecular weight excluding hydrogens is 357 g/mol. The molecular formula is C22H24FN3O2. The van der Waals surface area contributed by atoms with Crippen LogP contribution >= 0.6 is 0 Å². The van der Waals surface area contributed by atoms with Crippen LogP contribution in [0.5, 0.6) is 5.75 Å². The molecule has 5 nitrogen and oxygen atoms in total. The van der Waals surface area contributed by atoms with Crippen molar-refractivity contribution in [3.63, 3.8) is 0 Å². The number of hydrogen-bond donors (Lipinski definition) is 2. The first-order valence-corrected chi connectivity index (χ1v) is 9.72. The number of carbonyl (C=O) groups excluding carboxylic acids is 1. The largest absolute Gasteiger partial charge is 0.492 e. The Bertz CT molecular complexity index is 874. The summed E-state index contributed by atoms with van der Waals surface area (Å²) in [5.74, 6) is 0.208. The quantitative estimate of drug-likeness (QED) is 0.740. The lowest BCUT2D eigenvalue weighted by atomic mass is 10.1. The second-order valence-corrected chi connectivity index (χ2v) is 7.12. The molecule has 0 spiro atoms. The Morgan fingerprint density at radius 1 is 1.11 bits per heavy atom. The molecule has 2 heterocycles. The first-order valence-electron chi connectivity index (χ1n) is 9.72. The van der Waals surface area contributed by atoms with Gasteiger partial charge in [0.25, 0.3) is 5.91 Å². The SMILES string of the molecule is O=C1Nc2ccc(F)cc2/C1=C\Nc1ccc(OCCN2CCCCC2)cc1. The minimum Gasteiger partial charge on any atom is -0.492 e. The topological polar surface area (TPSA) is 53.6 Å². The molecule has 0 aromatic heterocycles. The van der Waals surface area contributed by atoms with Crippen molar-refractivity contribution < 1.29 is 13.9 Å². The van der Waals surface area contributed by atoms with Crippen LogP contribution in [0.3, 0.4) is 0 Å². The van der Waals surface area contributed by atoms with E-state index in [9.17, 15) is 9.18 Å². The Kier molecular flexibility index (Phi) is 5.58. The number of benzene rings is 2. The van der Waals surface area contributed by atoms with E-state index in [1.807, 2.05) is 24.3 Å². The highest BCUT2D eigenvalue weighted by atomic mass is 19.1. The van der Waals surface area contributed by atoms with Gasteiger partial charge in [-0.3, -0.25) is 9.69 Å². The molecule has 0 saturated carbocycles. The van der Waals surface area contributed by atoms with Gasteiger partial charge in [-0.2, -0.15) is 0 Å². The van der Waals surface area contributed by atoms with Crippen LogP contribution < -0.4 is 15.4 Å². The zero-order valence-electron chi connectivity index (χ0n) is 15.7. The van der Waals surface area contributed by atoms with Gasteiger partial charge in [-0.15, -0.1) is 0 Å². The average Bonchev–Trinajstić information content (AvgIpc) is 3.02. The van der Waals surface area contributed by atoms with Crippen LogP contribution in [0.25, 0.3) is 5.57 Å². The van der Waals surface area contributed by atoms with Gasteiger partial charge in [-0.05, 0) is 68.4 Å². The molecule has 2 aliphatic rings. The van der Waals surface area contributed by atoms with Crippen molar-refractivity contribution in [1.29, 1.82) is 0 Å². The van der Waals surface area contributed by atoms with Crippen LogP contribution in [0.15, 0.2) is 48.7 Å². The van der Waals surface area contributed by atoms with Crippen molar-refractivity contribution in [3.8, 4) is 5.75 Å². The van der Waals surface area contributed by atoms with Crippen molar-refractivity contribution in [2.24, 2.45) is 0 Å². The van der Waals surface area contributed by atoms with E-state index in [-0.39, 0.29) is 11.7 Å². The summed E-state index contributed by atoms with van der Waals surface area (Å²) in [6.45, 7) is 3.97. The molecule has 1 saturated heterocycles. The molecule has 2 aliphatic heterocycles. The van der Waals surface area contributed by atoms with Gasteiger partial charge >= 0.3 is 0 Å². The molecule has 6 heteroatoms. The third-order valence-corrected chi connectivity index (χ3v) is 5.13. The number of ether oxygens (including phenoxy) is 1. The Balaban J connectivity index is 1.33. The van der Waals surface area contributed by atoms with Crippen LogP contribution in [0, 0.1) is 5.82 Å². The second kappa shape index (κ2) is 8.44. The van der Waals surface area contributed by atoms with Gasteiger partial charge in [0.05, 0.1) is 5.57 Å². The fraction of sp³-hybridized carbons (Fsp3) is 0.318. The molecule has 0 unspecified atom stereocenters. The molecule has 2 aromatic carbocycles. The minimum absolute atomic E-state index is 0.245. The number of carbonyl (C=O) groups is 1. The highest BCUT2D eigenvalue weighted by Crippen LogP contribution is 2.32. The summed E-state index contributed by atoms with van der Waals surface area (Å²) in [6, 6.07) is 11.9. The van der Waals surface area contributed by atoms with Crippen molar-refractivity contribution >= 4 is 22.9 Å². The lowest BCUT2D eigenvalue weighted by molar-refractivity contribution is -0.110. The van der Waals surface area contributed by atoms with Crippen molar-refractivity contribution in [2.75, 3.05) is 36.9 Å². The van der Waals surface area contributed by atoms with Crippen molar-refractivity contribution in [2.45, 2.75) is 19.3 Å². The number of piperidine rings is 1. The van der Waals surface area contributed by atoms with Crippen LogP contribution in [-0.4, -0.2) is 37.0 Å². The lowest BCUT2D eigenvalue weighted by Gasteiger charge is -2.26. The molecule has 0 bridgehead atoms. The van der Waals surface area contributed by atoms with Gasteiger partial charge < -0.3 is 15.4 Å². The van der Waals surface area contributed by atoms with Gasteiger partial charge in [-0.25, -0.2) is 4.39 Å². The van der Waals surface area contributed by atoms with Gasteiger partial charge in [0, 0.05) is 29.7 Å². The standard InChI is InChI=1S/C22H24FN3O2/c23-16-4-9-21-19(14-16)20(22(27)25-21)15-24-17-5-7-18(8-6-17)28-13-12-26-10-2-1-3-11-26/h4-9,14-15,24H,1-3,10-13H2,(H,25,27)/b20-15+. The highest BCUT2D eigenvalue weighted by molar-refractivity contribution is 6.31. The van der Waals surface area contributed by atoms with E-state index in [0.717, 1.165) is 18.0 Å². The number of likely N-dealkylation sites (tertiary alicyclic amines) is 1. The van der Waals surface area contributed by atoms with Crippen molar-refractivity contribution in [1.82, 2.24) is 4.90 Å². The maximum absolute atomic E-state index is 13.5. The first-order chi connectivity index (χ1) is 13.7. The summed E-state index contributed by atoms with van der Waals surface area (Å²) in [4.78, 5) is 14.5. The monoisotopic (exact) mass is 381 g/mol. The maximum Gasteiger partial charge on any atom is 0.257 e. The van der Waals surface area contributed by atoms with Gasteiger partial charge in [0.15, 0.2) is 0 Å². The van der Waals surface area contributed by atoms with E-state index in [1.165, 1.54) is 44.5 Å². The van der Waals surface area contributed by atoms with Crippen LogP contribution in [0.2, 0.25) is 0 Å². The second-order valence-electron chi connectivity index (χ2n) is 7.12. The molecule has 146 valence electrons. The molecule has 1 fully saturated rings. The number of amides is 1. The Hall–Kier alpha value is -2.86. The first kappa shape index (κ1) is 18.5. The summed E-state index contributed by atoms with van der Waals surface area (Å²) in [7, 11) is 0. The van der Waals surface area contributed by atoms with E-state index < -0.39 is 0 Å². The Labute approximate surface area is 164 Å². The van der Waals surface area contributed by atoms with E-state index in [4.69, 9.17) is 4.74 Å². The molecule has 28 heavy (non-hydrogen) atoms. The zero-order chi connectivity index (χ0) is 19.3. The molecule has 2 N–H and O–H groups in total. The number of halogens is 1. The summed E-state index contributed by atoms with van der Waals surface area (Å²) >= 11 is 0. The number of nitrogens with one attached hydrogen (secondary N) is 2. The third kappa shape index (κ3) is 4.34. The Morgan fingerprint density at radius 3 is 2.68 bits per heavy atom. The van der Waals surface area contributed by atoms with Gasteiger partial charge in [-0.1, -0.05) is 6.42 Å². The van der Waals surface area contributed by atoms with Gasteiger partial charge in [0.1, 0.15) is 18.2 Å². The van der Waals surface area contributed by atoms with E-state index in [0.29, 0.717) is 23.4 Å².